The lowest BCUT2D eigenvalue weighted by molar-refractivity contribution is 0.353. The van der Waals surface area contributed by atoms with Crippen LogP contribution in [0.4, 0.5) is 0 Å². The molecule has 2 atom stereocenters. The molecule has 2 aliphatic carbocycles. The molecule has 0 amide bonds. The molecule has 4 heterocycles. The molecule has 4 aromatic heterocycles. The topological polar surface area (TPSA) is 92.3 Å². The van der Waals surface area contributed by atoms with Crippen molar-refractivity contribution in [3.05, 3.63) is 60.2 Å². The number of nitrogens with zero attached hydrogens (tertiary/aromatic N) is 7. The molecule has 2 aliphatic rings. The van der Waals surface area contributed by atoms with Gasteiger partial charge in [-0.3, -0.25) is 4.68 Å². The molecule has 1 aromatic carbocycles. The number of hydrogen-bond donors (Lipinski definition) is 0. The minimum Gasteiger partial charge on any atom is -0.480 e. The molecule has 0 saturated heterocycles. The van der Waals surface area contributed by atoms with Crippen LogP contribution in [-0.4, -0.2) is 48.6 Å². The van der Waals surface area contributed by atoms with Crippen molar-refractivity contribution < 1.29 is 9.47 Å². The van der Waals surface area contributed by atoms with Gasteiger partial charge in [-0.15, -0.1) is 0 Å². The third-order valence-electron chi connectivity index (χ3n) is 7.19. The highest BCUT2D eigenvalue weighted by Gasteiger charge is 2.41. The van der Waals surface area contributed by atoms with Crippen LogP contribution in [0.5, 0.6) is 11.9 Å². The van der Waals surface area contributed by atoms with Crippen LogP contribution in [0, 0.1) is 5.92 Å². The Labute approximate surface area is 201 Å². The molecule has 0 radical (unpaired) electrons. The highest BCUT2D eigenvalue weighted by atomic mass is 16.5. The van der Waals surface area contributed by atoms with E-state index >= 15 is 0 Å². The van der Waals surface area contributed by atoms with Crippen LogP contribution in [0.3, 0.4) is 0 Å². The molecule has 176 valence electrons. The Morgan fingerprint density at radius 3 is 2.77 bits per heavy atom. The summed E-state index contributed by atoms with van der Waals surface area (Å²) in [6.07, 6.45) is 11.1. The number of ether oxygens (including phenoxy) is 2. The molecule has 0 spiro atoms. The van der Waals surface area contributed by atoms with Gasteiger partial charge in [-0.2, -0.15) is 15.2 Å². The number of rotatable bonds is 7. The highest BCUT2D eigenvalue weighted by Crippen LogP contribution is 2.56. The Kier molecular flexibility index (Phi) is 4.52. The van der Waals surface area contributed by atoms with Gasteiger partial charge in [-0.25, -0.2) is 14.5 Å². The van der Waals surface area contributed by atoms with Crippen molar-refractivity contribution in [2.24, 2.45) is 5.92 Å². The Morgan fingerprint density at radius 2 is 1.94 bits per heavy atom. The Balaban J connectivity index is 1.26. The summed E-state index contributed by atoms with van der Waals surface area (Å²) in [6.45, 7) is 1.02. The van der Waals surface area contributed by atoms with Gasteiger partial charge in [0.1, 0.15) is 0 Å². The van der Waals surface area contributed by atoms with E-state index in [4.69, 9.17) is 14.6 Å². The van der Waals surface area contributed by atoms with Crippen molar-refractivity contribution in [2.75, 3.05) is 14.2 Å². The van der Waals surface area contributed by atoms with E-state index in [0.717, 1.165) is 30.2 Å². The molecular formula is C26H25N7O2. The third-order valence-corrected chi connectivity index (χ3v) is 7.19. The predicted octanol–water partition coefficient (Wildman–Crippen LogP) is 4.23. The van der Waals surface area contributed by atoms with E-state index in [1.807, 2.05) is 16.9 Å². The fraction of sp³-hybridized carbons (Fsp3) is 0.346. The van der Waals surface area contributed by atoms with Gasteiger partial charge in [0, 0.05) is 36.1 Å². The molecule has 35 heavy (non-hydrogen) atoms. The SMILES string of the molecule is COc1ncc(-c2cc(C3CC3c3ccc4cnn(CC5CC5)c4c3)c3nccn3n2)c(OC)n1. The van der Waals surface area contributed by atoms with Crippen molar-refractivity contribution in [1.29, 1.82) is 0 Å². The van der Waals surface area contributed by atoms with Crippen LogP contribution in [0.15, 0.2) is 49.1 Å². The van der Waals surface area contributed by atoms with E-state index in [9.17, 15) is 0 Å². The van der Waals surface area contributed by atoms with E-state index in [2.05, 4.69) is 49.0 Å². The molecule has 0 N–H and O–H groups in total. The van der Waals surface area contributed by atoms with E-state index in [1.165, 1.54) is 42.0 Å². The van der Waals surface area contributed by atoms with Crippen LogP contribution in [0.1, 0.15) is 42.2 Å². The van der Waals surface area contributed by atoms with Gasteiger partial charge in [-0.05, 0) is 54.7 Å². The van der Waals surface area contributed by atoms with Crippen molar-refractivity contribution >= 4 is 16.6 Å². The van der Waals surface area contributed by atoms with Crippen LogP contribution < -0.4 is 9.47 Å². The molecule has 7 rings (SSSR count). The number of fused-ring (bicyclic) bond motifs is 2. The van der Waals surface area contributed by atoms with Gasteiger partial charge in [0.15, 0.2) is 5.65 Å². The average Bonchev–Trinajstić information content (AvgIpc) is 3.80. The average molecular weight is 468 g/mol. The van der Waals surface area contributed by atoms with E-state index in [0.29, 0.717) is 23.3 Å². The standard InChI is InChI=1S/C26H25N7O2/c1-34-25-21(13-28-26(30-25)35-2)22-11-20(24-27-7-8-32(24)31-22)19-10-18(19)16-5-6-17-12-29-33(23(17)9-16)14-15-3-4-15/h5-9,11-13,15,18-19H,3-4,10,14H2,1-2H3. The quantitative estimate of drug-likeness (QED) is 0.354. The number of methoxy groups -OCH3 is 2. The Morgan fingerprint density at radius 1 is 1.03 bits per heavy atom. The summed E-state index contributed by atoms with van der Waals surface area (Å²) in [7, 11) is 3.12. The van der Waals surface area contributed by atoms with Gasteiger partial charge in [-0.1, -0.05) is 12.1 Å². The largest absolute Gasteiger partial charge is 0.480 e. The summed E-state index contributed by atoms with van der Waals surface area (Å²) < 4.78 is 14.7. The molecule has 0 aliphatic heterocycles. The second-order valence-electron chi connectivity index (χ2n) is 9.50. The van der Waals surface area contributed by atoms with Crippen molar-refractivity contribution in [1.82, 2.24) is 34.3 Å². The van der Waals surface area contributed by atoms with Gasteiger partial charge < -0.3 is 9.47 Å². The minimum atomic E-state index is 0.258. The zero-order valence-corrected chi connectivity index (χ0v) is 19.6. The van der Waals surface area contributed by atoms with Crippen molar-refractivity contribution in [3.63, 3.8) is 0 Å². The maximum Gasteiger partial charge on any atom is 0.319 e. The van der Waals surface area contributed by atoms with Crippen LogP contribution in [-0.2, 0) is 6.54 Å². The lowest BCUT2D eigenvalue weighted by Crippen LogP contribution is -2.03. The van der Waals surface area contributed by atoms with Gasteiger partial charge in [0.2, 0.25) is 5.88 Å². The first-order chi connectivity index (χ1) is 17.2. The smallest absolute Gasteiger partial charge is 0.319 e. The second-order valence-corrected chi connectivity index (χ2v) is 9.50. The van der Waals surface area contributed by atoms with Crippen LogP contribution in [0.2, 0.25) is 0 Å². The summed E-state index contributed by atoms with van der Waals surface area (Å²) in [6, 6.07) is 9.16. The van der Waals surface area contributed by atoms with Crippen LogP contribution >= 0.6 is 0 Å². The second kappa shape index (κ2) is 7.76. The molecule has 9 nitrogen and oxygen atoms in total. The number of hydrogen-bond acceptors (Lipinski definition) is 7. The van der Waals surface area contributed by atoms with E-state index < -0.39 is 0 Å². The van der Waals surface area contributed by atoms with Crippen molar-refractivity contribution in [2.45, 2.75) is 37.6 Å². The third kappa shape index (κ3) is 3.50. The maximum atomic E-state index is 5.51. The summed E-state index contributed by atoms with van der Waals surface area (Å²) in [5.74, 6) is 2.02. The van der Waals surface area contributed by atoms with E-state index in [-0.39, 0.29) is 6.01 Å². The lowest BCUT2D eigenvalue weighted by atomic mass is 10.0. The minimum absolute atomic E-state index is 0.258. The molecule has 0 bridgehead atoms. The van der Waals surface area contributed by atoms with E-state index in [1.54, 1.807) is 19.5 Å². The lowest BCUT2D eigenvalue weighted by Gasteiger charge is -2.11. The summed E-state index contributed by atoms with van der Waals surface area (Å²) in [5, 5.41) is 10.6. The summed E-state index contributed by atoms with van der Waals surface area (Å²) >= 11 is 0. The normalized spacial score (nSPS) is 19.4. The van der Waals surface area contributed by atoms with Crippen LogP contribution in [0.25, 0.3) is 27.8 Å². The van der Waals surface area contributed by atoms with Gasteiger partial charge in [0.25, 0.3) is 0 Å². The number of imidazole rings is 1. The number of aromatic nitrogens is 7. The van der Waals surface area contributed by atoms with Crippen molar-refractivity contribution in [3.8, 4) is 23.1 Å². The maximum absolute atomic E-state index is 5.51. The molecule has 2 fully saturated rings. The summed E-state index contributed by atoms with van der Waals surface area (Å²) in [4.78, 5) is 13.2. The fourth-order valence-corrected chi connectivity index (χ4v) is 5.04. The van der Waals surface area contributed by atoms with Gasteiger partial charge >= 0.3 is 6.01 Å². The highest BCUT2D eigenvalue weighted by molar-refractivity contribution is 5.80. The molecule has 9 heteroatoms. The zero-order valence-electron chi connectivity index (χ0n) is 19.6. The Bertz CT molecular complexity index is 1570. The molecule has 2 saturated carbocycles. The summed E-state index contributed by atoms with van der Waals surface area (Å²) in [5.41, 5.74) is 6.11. The first-order valence-electron chi connectivity index (χ1n) is 12.0. The monoisotopic (exact) mass is 467 g/mol. The molecular weight excluding hydrogens is 442 g/mol. The fourth-order valence-electron chi connectivity index (χ4n) is 5.04. The zero-order chi connectivity index (χ0) is 23.5. The molecule has 5 aromatic rings. The number of benzene rings is 1. The first-order valence-corrected chi connectivity index (χ1v) is 12.0. The first kappa shape index (κ1) is 20.4. The van der Waals surface area contributed by atoms with Gasteiger partial charge in [0.05, 0.1) is 37.2 Å². The predicted molar refractivity (Wildman–Crippen MR) is 130 cm³/mol. The Hall–Kier alpha value is -4.01. The molecule has 2 unspecified atom stereocenters.